The lowest BCUT2D eigenvalue weighted by Gasteiger charge is -2.20. The molecule has 4 rings (SSSR count). The highest BCUT2D eigenvalue weighted by atomic mass is 19.4. The molecule has 2 aromatic rings. The standard InChI is InChI=1S/C21H23FN4O2.C2HF3O2/c1-25(13-17-4-2-3-10-23-17)19(27)18-12-21(18)9-11-26(14-21)20(28)24-16-7-5-15(22)6-8-16;3-2(4,5)1(6)7/h2-8,10,18H,9,11-14H2,1H3,(H,24,28);(H,6,7). The van der Waals surface area contributed by atoms with E-state index in [4.69, 9.17) is 9.90 Å². The van der Waals surface area contributed by atoms with Crippen LogP contribution in [0.15, 0.2) is 48.7 Å². The molecule has 2 aliphatic rings. The zero-order chi connectivity index (χ0) is 25.8. The highest BCUT2D eigenvalue weighted by molar-refractivity contribution is 5.90. The van der Waals surface area contributed by atoms with Crippen molar-refractivity contribution in [3.8, 4) is 0 Å². The number of anilines is 1. The van der Waals surface area contributed by atoms with Gasteiger partial charge in [-0.3, -0.25) is 9.78 Å². The Bertz CT molecular complexity index is 1070. The minimum absolute atomic E-state index is 0.0372. The predicted octanol–water partition coefficient (Wildman–Crippen LogP) is 3.76. The van der Waals surface area contributed by atoms with Gasteiger partial charge in [-0.15, -0.1) is 0 Å². The molecule has 1 spiro atoms. The Hall–Kier alpha value is -3.70. The summed E-state index contributed by atoms with van der Waals surface area (Å²) in [4.78, 5) is 41.9. The number of amides is 3. The molecule has 188 valence electrons. The summed E-state index contributed by atoms with van der Waals surface area (Å²) in [5.41, 5.74) is 1.32. The molecule has 12 heteroatoms. The average molecular weight is 496 g/mol. The van der Waals surface area contributed by atoms with Gasteiger partial charge in [0.2, 0.25) is 5.91 Å². The number of carboxylic acids is 1. The molecule has 1 saturated heterocycles. The van der Waals surface area contributed by atoms with E-state index in [0.29, 0.717) is 25.3 Å². The first-order valence-corrected chi connectivity index (χ1v) is 10.7. The van der Waals surface area contributed by atoms with Crippen molar-refractivity contribution in [2.24, 2.45) is 11.3 Å². The number of urea groups is 1. The van der Waals surface area contributed by atoms with Crippen LogP contribution in [0, 0.1) is 17.2 Å². The van der Waals surface area contributed by atoms with Gasteiger partial charge in [-0.25, -0.2) is 14.0 Å². The number of aliphatic carboxylic acids is 1. The van der Waals surface area contributed by atoms with Crippen LogP contribution < -0.4 is 5.32 Å². The fourth-order valence-electron chi connectivity index (χ4n) is 4.03. The molecule has 1 aliphatic carbocycles. The Morgan fingerprint density at radius 2 is 1.86 bits per heavy atom. The number of pyridine rings is 1. The summed E-state index contributed by atoms with van der Waals surface area (Å²) < 4.78 is 44.7. The molecule has 35 heavy (non-hydrogen) atoms. The van der Waals surface area contributed by atoms with Crippen LogP contribution >= 0.6 is 0 Å². The maximum absolute atomic E-state index is 13.0. The van der Waals surface area contributed by atoms with E-state index in [0.717, 1.165) is 18.5 Å². The number of carbonyl (C=O) groups excluding carboxylic acids is 2. The van der Waals surface area contributed by atoms with Crippen molar-refractivity contribution in [2.75, 3.05) is 25.5 Å². The molecule has 2 fully saturated rings. The first-order valence-electron chi connectivity index (χ1n) is 10.7. The van der Waals surface area contributed by atoms with Gasteiger partial charge in [-0.05, 0) is 49.2 Å². The summed E-state index contributed by atoms with van der Waals surface area (Å²) in [6.07, 6.45) is -1.71. The second-order valence-electron chi connectivity index (χ2n) is 8.55. The quantitative estimate of drug-likeness (QED) is 0.628. The zero-order valence-corrected chi connectivity index (χ0v) is 18.8. The minimum atomic E-state index is -5.08. The van der Waals surface area contributed by atoms with E-state index in [1.165, 1.54) is 24.3 Å². The molecule has 1 saturated carbocycles. The maximum atomic E-state index is 13.0. The zero-order valence-electron chi connectivity index (χ0n) is 18.8. The average Bonchev–Trinajstić information content (AvgIpc) is 3.33. The lowest BCUT2D eigenvalue weighted by Crippen LogP contribution is -2.34. The van der Waals surface area contributed by atoms with Crippen molar-refractivity contribution in [2.45, 2.75) is 25.6 Å². The number of hydrogen-bond acceptors (Lipinski definition) is 4. The molecule has 1 aliphatic heterocycles. The highest BCUT2D eigenvalue weighted by Crippen LogP contribution is 2.59. The van der Waals surface area contributed by atoms with Gasteiger partial charge >= 0.3 is 18.2 Å². The number of aromatic nitrogens is 1. The lowest BCUT2D eigenvalue weighted by molar-refractivity contribution is -0.192. The molecule has 3 amide bonds. The molecule has 2 heterocycles. The van der Waals surface area contributed by atoms with Gasteiger partial charge < -0.3 is 20.2 Å². The Balaban J connectivity index is 0.000000429. The number of hydrogen-bond donors (Lipinski definition) is 2. The van der Waals surface area contributed by atoms with Gasteiger partial charge in [0.1, 0.15) is 5.82 Å². The molecule has 1 aromatic carbocycles. The van der Waals surface area contributed by atoms with Gasteiger partial charge in [0.15, 0.2) is 0 Å². The summed E-state index contributed by atoms with van der Waals surface area (Å²) >= 11 is 0. The molecule has 0 bridgehead atoms. The summed E-state index contributed by atoms with van der Waals surface area (Å²) in [5.74, 6) is -3.02. The van der Waals surface area contributed by atoms with Crippen LogP contribution in [0.1, 0.15) is 18.5 Å². The summed E-state index contributed by atoms with van der Waals surface area (Å²) in [5, 5.41) is 9.92. The molecular formula is C23H24F4N4O4. The lowest BCUT2D eigenvalue weighted by atomic mass is 10.0. The fourth-order valence-corrected chi connectivity index (χ4v) is 4.03. The van der Waals surface area contributed by atoms with Gasteiger partial charge in [0.25, 0.3) is 0 Å². The van der Waals surface area contributed by atoms with Crippen molar-refractivity contribution in [3.63, 3.8) is 0 Å². The normalized spacial score (nSPS) is 20.6. The number of nitrogens with zero attached hydrogens (tertiary/aromatic N) is 3. The maximum Gasteiger partial charge on any atom is 0.490 e. The van der Waals surface area contributed by atoms with E-state index in [2.05, 4.69) is 10.3 Å². The molecular weight excluding hydrogens is 472 g/mol. The van der Waals surface area contributed by atoms with E-state index >= 15 is 0 Å². The van der Waals surface area contributed by atoms with Crippen LogP contribution in [0.2, 0.25) is 0 Å². The highest BCUT2D eigenvalue weighted by Gasteiger charge is 2.61. The van der Waals surface area contributed by atoms with Crippen molar-refractivity contribution >= 4 is 23.6 Å². The Labute approximate surface area is 198 Å². The number of benzene rings is 1. The topological polar surface area (TPSA) is 103 Å². The number of halogens is 4. The van der Waals surface area contributed by atoms with E-state index in [1.54, 1.807) is 23.0 Å². The second kappa shape index (κ2) is 10.3. The molecule has 2 unspecified atom stereocenters. The van der Waals surface area contributed by atoms with Crippen molar-refractivity contribution < 1.29 is 37.1 Å². The SMILES string of the molecule is CN(Cc1ccccn1)C(=O)C1CC12CCN(C(=O)Nc1ccc(F)cc1)C2.O=C(O)C(F)(F)F. The van der Waals surface area contributed by atoms with E-state index in [-0.39, 0.29) is 29.1 Å². The summed E-state index contributed by atoms with van der Waals surface area (Å²) in [7, 11) is 1.80. The Kier molecular flexibility index (Phi) is 7.61. The number of carbonyl (C=O) groups is 3. The van der Waals surface area contributed by atoms with E-state index < -0.39 is 12.1 Å². The molecule has 0 radical (unpaired) electrons. The van der Waals surface area contributed by atoms with Crippen LogP contribution in [0.5, 0.6) is 0 Å². The third-order valence-electron chi connectivity index (χ3n) is 6.00. The number of likely N-dealkylation sites (tertiary alicyclic amines) is 1. The van der Waals surface area contributed by atoms with Gasteiger partial charge in [-0.1, -0.05) is 6.07 Å². The first-order chi connectivity index (χ1) is 16.4. The molecule has 2 N–H and O–H groups in total. The second-order valence-corrected chi connectivity index (χ2v) is 8.55. The third kappa shape index (κ3) is 6.67. The van der Waals surface area contributed by atoms with Crippen LogP contribution in [0.25, 0.3) is 0 Å². The molecule has 1 aromatic heterocycles. The monoisotopic (exact) mass is 496 g/mol. The smallest absolute Gasteiger partial charge is 0.475 e. The molecule has 8 nitrogen and oxygen atoms in total. The Morgan fingerprint density at radius 1 is 1.20 bits per heavy atom. The number of nitrogens with one attached hydrogen (secondary N) is 1. The predicted molar refractivity (Wildman–Crippen MR) is 117 cm³/mol. The number of carboxylic acid groups (broad SMARTS) is 1. The minimum Gasteiger partial charge on any atom is -0.475 e. The third-order valence-corrected chi connectivity index (χ3v) is 6.00. The summed E-state index contributed by atoms with van der Waals surface area (Å²) in [6.45, 7) is 1.69. The fraction of sp³-hybridized carbons (Fsp3) is 0.391. The molecule has 2 atom stereocenters. The number of alkyl halides is 3. The van der Waals surface area contributed by atoms with Crippen LogP contribution in [-0.4, -0.2) is 64.1 Å². The first kappa shape index (κ1) is 25.9. The van der Waals surface area contributed by atoms with Crippen molar-refractivity contribution in [1.82, 2.24) is 14.8 Å². The van der Waals surface area contributed by atoms with Crippen molar-refractivity contribution in [1.29, 1.82) is 0 Å². The van der Waals surface area contributed by atoms with Crippen LogP contribution in [0.4, 0.5) is 28.0 Å². The van der Waals surface area contributed by atoms with E-state index in [9.17, 15) is 27.2 Å². The van der Waals surface area contributed by atoms with Crippen molar-refractivity contribution in [3.05, 3.63) is 60.2 Å². The number of rotatable bonds is 4. The summed E-state index contributed by atoms with van der Waals surface area (Å²) in [6, 6.07) is 11.2. The van der Waals surface area contributed by atoms with Gasteiger partial charge in [-0.2, -0.15) is 13.2 Å². The van der Waals surface area contributed by atoms with Crippen LogP contribution in [0.3, 0.4) is 0 Å². The van der Waals surface area contributed by atoms with Gasteiger partial charge in [0.05, 0.1) is 12.2 Å². The van der Waals surface area contributed by atoms with Crippen LogP contribution in [-0.2, 0) is 16.1 Å². The Morgan fingerprint density at radius 3 is 2.43 bits per heavy atom. The largest absolute Gasteiger partial charge is 0.490 e. The van der Waals surface area contributed by atoms with E-state index in [1.807, 2.05) is 18.2 Å². The van der Waals surface area contributed by atoms with Gasteiger partial charge in [0, 0.05) is 43.4 Å².